The van der Waals surface area contributed by atoms with Gasteiger partial charge >= 0.3 is 0 Å². The van der Waals surface area contributed by atoms with Crippen molar-refractivity contribution >= 4 is 17.5 Å². The molecule has 0 fully saturated rings. The second kappa shape index (κ2) is 7.34. The third-order valence-corrected chi connectivity index (χ3v) is 3.74. The van der Waals surface area contributed by atoms with E-state index in [1.807, 2.05) is 46.8 Å². The highest BCUT2D eigenvalue weighted by molar-refractivity contribution is 6.30. The van der Waals surface area contributed by atoms with Gasteiger partial charge in [-0.3, -0.25) is 4.79 Å². The molecular weight excluding hydrogens is 326 g/mol. The van der Waals surface area contributed by atoms with Gasteiger partial charge in [0.1, 0.15) is 6.04 Å². The fourth-order valence-corrected chi connectivity index (χ4v) is 2.42. The summed E-state index contributed by atoms with van der Waals surface area (Å²) >= 11 is 5.89. The average molecular weight is 350 g/mol. The number of nitrogens with zero attached hydrogens (tertiary/aromatic N) is 2. The van der Waals surface area contributed by atoms with Crippen molar-refractivity contribution in [2.45, 2.75) is 47.1 Å². The lowest BCUT2D eigenvalue weighted by Crippen LogP contribution is -2.34. The van der Waals surface area contributed by atoms with Gasteiger partial charge in [-0.25, -0.2) is 0 Å². The maximum atomic E-state index is 12.2. The van der Waals surface area contributed by atoms with Crippen molar-refractivity contribution in [2.75, 3.05) is 0 Å². The lowest BCUT2D eigenvalue weighted by Gasteiger charge is -2.22. The van der Waals surface area contributed by atoms with Gasteiger partial charge in [0.2, 0.25) is 17.6 Å². The SMILES string of the molecule is CC(C)[C@H](NC(=O)CC(C)(C)C)c1nc(-c2ccc(Cl)cc2)no1. The van der Waals surface area contributed by atoms with Crippen LogP contribution in [0.5, 0.6) is 0 Å². The van der Waals surface area contributed by atoms with Crippen molar-refractivity contribution in [1.82, 2.24) is 15.5 Å². The molecule has 0 aliphatic carbocycles. The van der Waals surface area contributed by atoms with Gasteiger partial charge in [0.15, 0.2) is 0 Å². The zero-order valence-corrected chi connectivity index (χ0v) is 15.5. The number of hydrogen-bond donors (Lipinski definition) is 1. The Labute approximate surface area is 147 Å². The highest BCUT2D eigenvalue weighted by Gasteiger charge is 2.26. The fraction of sp³-hybridized carbons (Fsp3) is 0.500. The van der Waals surface area contributed by atoms with Gasteiger partial charge in [-0.2, -0.15) is 4.98 Å². The van der Waals surface area contributed by atoms with Crippen molar-refractivity contribution in [3.8, 4) is 11.4 Å². The Morgan fingerprint density at radius 1 is 1.25 bits per heavy atom. The summed E-state index contributed by atoms with van der Waals surface area (Å²) in [4.78, 5) is 16.7. The van der Waals surface area contributed by atoms with Crippen LogP contribution >= 0.6 is 11.6 Å². The predicted octanol–water partition coefficient (Wildman–Crippen LogP) is 4.64. The van der Waals surface area contributed by atoms with Crippen molar-refractivity contribution in [1.29, 1.82) is 0 Å². The van der Waals surface area contributed by atoms with Crippen LogP contribution < -0.4 is 5.32 Å². The standard InChI is InChI=1S/C18H24ClN3O2/c1-11(2)15(20-14(23)10-18(3,4)5)17-21-16(22-24-17)12-6-8-13(19)9-7-12/h6-9,11,15H,10H2,1-5H3,(H,20,23)/t15-/m0/s1. The number of aromatic nitrogens is 2. The molecule has 2 aromatic rings. The van der Waals surface area contributed by atoms with Crippen molar-refractivity contribution in [3.63, 3.8) is 0 Å². The second-order valence-corrected chi connectivity index (χ2v) is 7.93. The normalized spacial score (nSPS) is 13.1. The molecule has 0 radical (unpaired) electrons. The number of nitrogens with one attached hydrogen (secondary N) is 1. The molecule has 2 rings (SSSR count). The summed E-state index contributed by atoms with van der Waals surface area (Å²) in [7, 11) is 0. The molecule has 1 N–H and O–H groups in total. The maximum absolute atomic E-state index is 12.2. The third kappa shape index (κ3) is 5.06. The van der Waals surface area contributed by atoms with Crippen LogP contribution in [0, 0.1) is 11.3 Å². The first-order valence-corrected chi connectivity index (χ1v) is 8.42. The first-order chi connectivity index (χ1) is 11.2. The molecular formula is C18H24ClN3O2. The summed E-state index contributed by atoms with van der Waals surface area (Å²) in [5.41, 5.74) is 0.743. The maximum Gasteiger partial charge on any atom is 0.249 e. The molecule has 1 atom stereocenters. The quantitative estimate of drug-likeness (QED) is 0.853. The second-order valence-electron chi connectivity index (χ2n) is 7.49. The summed E-state index contributed by atoms with van der Waals surface area (Å²) in [6.45, 7) is 10.1. The van der Waals surface area contributed by atoms with Gasteiger partial charge in [0.25, 0.3) is 0 Å². The van der Waals surface area contributed by atoms with Crippen LogP contribution in [0.1, 0.15) is 53.0 Å². The highest BCUT2D eigenvalue weighted by Crippen LogP contribution is 2.25. The number of rotatable bonds is 5. The summed E-state index contributed by atoms with van der Waals surface area (Å²) in [5.74, 6) is 1.01. The molecule has 0 bridgehead atoms. The molecule has 0 saturated heterocycles. The minimum atomic E-state index is -0.312. The van der Waals surface area contributed by atoms with E-state index in [0.29, 0.717) is 23.2 Å². The van der Waals surface area contributed by atoms with Crippen LogP contribution in [0.2, 0.25) is 5.02 Å². The van der Waals surface area contributed by atoms with E-state index < -0.39 is 0 Å². The van der Waals surface area contributed by atoms with Crippen LogP contribution in [0.15, 0.2) is 28.8 Å². The van der Waals surface area contributed by atoms with Crippen LogP contribution in [0.25, 0.3) is 11.4 Å². The van der Waals surface area contributed by atoms with Crippen LogP contribution in [0.3, 0.4) is 0 Å². The first kappa shape index (κ1) is 18.5. The Hall–Kier alpha value is -1.88. The predicted molar refractivity (Wildman–Crippen MR) is 94.5 cm³/mol. The van der Waals surface area contributed by atoms with Gasteiger partial charge in [0, 0.05) is 17.0 Å². The Bertz CT molecular complexity index is 687. The largest absolute Gasteiger partial charge is 0.344 e. The minimum Gasteiger partial charge on any atom is -0.344 e. The number of hydrogen-bond acceptors (Lipinski definition) is 4. The third-order valence-electron chi connectivity index (χ3n) is 3.48. The fourth-order valence-electron chi connectivity index (χ4n) is 2.30. The molecule has 1 heterocycles. The molecule has 1 amide bonds. The number of amides is 1. The molecule has 1 aromatic carbocycles. The van der Waals surface area contributed by atoms with E-state index in [-0.39, 0.29) is 23.3 Å². The smallest absolute Gasteiger partial charge is 0.249 e. The van der Waals surface area contributed by atoms with E-state index in [9.17, 15) is 4.79 Å². The zero-order chi connectivity index (χ0) is 17.9. The highest BCUT2D eigenvalue weighted by atomic mass is 35.5. The Kier molecular flexibility index (Phi) is 5.65. The molecule has 1 aromatic heterocycles. The molecule has 24 heavy (non-hydrogen) atoms. The first-order valence-electron chi connectivity index (χ1n) is 8.04. The minimum absolute atomic E-state index is 0.0209. The van der Waals surface area contributed by atoms with Crippen molar-refractivity contribution < 1.29 is 9.32 Å². The Morgan fingerprint density at radius 3 is 2.42 bits per heavy atom. The number of benzene rings is 1. The lowest BCUT2D eigenvalue weighted by molar-refractivity contribution is -0.124. The summed E-state index contributed by atoms with van der Waals surface area (Å²) in [5, 5.41) is 7.68. The van der Waals surface area contributed by atoms with E-state index in [1.54, 1.807) is 12.1 Å². The zero-order valence-electron chi connectivity index (χ0n) is 14.8. The van der Waals surface area contributed by atoms with Crippen LogP contribution in [-0.4, -0.2) is 16.0 Å². The van der Waals surface area contributed by atoms with Gasteiger partial charge < -0.3 is 9.84 Å². The average Bonchev–Trinajstić information content (AvgIpc) is 2.92. The van der Waals surface area contributed by atoms with Crippen LogP contribution in [0.4, 0.5) is 0 Å². The van der Waals surface area contributed by atoms with Gasteiger partial charge in [-0.15, -0.1) is 0 Å². The van der Waals surface area contributed by atoms with Gasteiger partial charge in [-0.05, 0) is 35.6 Å². The van der Waals surface area contributed by atoms with Gasteiger partial charge in [0.05, 0.1) is 0 Å². The molecule has 0 spiro atoms. The lowest BCUT2D eigenvalue weighted by atomic mass is 9.91. The van der Waals surface area contributed by atoms with E-state index in [2.05, 4.69) is 15.5 Å². The Morgan fingerprint density at radius 2 is 1.88 bits per heavy atom. The summed E-state index contributed by atoms with van der Waals surface area (Å²) in [6.07, 6.45) is 0.439. The number of carbonyl (C=O) groups excluding carboxylic acids is 1. The van der Waals surface area contributed by atoms with Crippen molar-refractivity contribution in [3.05, 3.63) is 35.2 Å². The van der Waals surface area contributed by atoms with Gasteiger partial charge in [-0.1, -0.05) is 51.4 Å². The van der Waals surface area contributed by atoms with Crippen molar-refractivity contribution in [2.24, 2.45) is 11.3 Å². The topological polar surface area (TPSA) is 68.0 Å². The molecule has 6 heteroatoms. The molecule has 0 aliphatic rings. The number of halogens is 1. The molecule has 130 valence electrons. The summed E-state index contributed by atoms with van der Waals surface area (Å²) < 4.78 is 5.39. The molecule has 0 aliphatic heterocycles. The molecule has 0 unspecified atom stereocenters. The van der Waals surface area contributed by atoms with E-state index in [4.69, 9.17) is 16.1 Å². The Balaban J connectivity index is 2.17. The summed E-state index contributed by atoms with van der Waals surface area (Å²) in [6, 6.07) is 6.91. The molecule has 0 saturated carbocycles. The van der Waals surface area contributed by atoms with E-state index in [1.165, 1.54) is 0 Å². The monoisotopic (exact) mass is 349 g/mol. The molecule has 5 nitrogen and oxygen atoms in total. The van der Waals surface area contributed by atoms with E-state index >= 15 is 0 Å². The van der Waals surface area contributed by atoms with E-state index in [0.717, 1.165) is 5.56 Å². The van der Waals surface area contributed by atoms with Crippen LogP contribution in [-0.2, 0) is 4.79 Å². The number of carbonyl (C=O) groups is 1.